The van der Waals surface area contributed by atoms with E-state index in [4.69, 9.17) is 0 Å². The van der Waals surface area contributed by atoms with Crippen molar-refractivity contribution in [2.45, 2.75) is 32.9 Å². The van der Waals surface area contributed by atoms with Gasteiger partial charge in [0.2, 0.25) is 6.79 Å². The average Bonchev–Trinajstić information content (AvgIpc) is 2.32. The van der Waals surface area contributed by atoms with Gasteiger partial charge in [0.05, 0.1) is 6.26 Å². The van der Waals surface area contributed by atoms with E-state index in [1.165, 1.54) is 12.7 Å². The van der Waals surface area contributed by atoms with E-state index < -0.39 is 24.5 Å². The molecule has 0 aromatic rings. The van der Waals surface area contributed by atoms with Gasteiger partial charge in [-0.2, -0.15) is 13.2 Å². The molecule has 6 heteroatoms. The molecule has 0 saturated carbocycles. The van der Waals surface area contributed by atoms with Gasteiger partial charge >= 0.3 is 12.1 Å². The highest BCUT2D eigenvalue weighted by Crippen LogP contribution is 2.24. The first-order chi connectivity index (χ1) is 8.81. The zero-order chi connectivity index (χ0) is 15.3. The van der Waals surface area contributed by atoms with Crippen LogP contribution < -0.4 is 0 Å². The fourth-order valence-corrected chi connectivity index (χ4v) is 0.549. The maximum absolute atomic E-state index is 11.9. The summed E-state index contributed by atoms with van der Waals surface area (Å²) in [5.74, 6) is -1.55. The van der Waals surface area contributed by atoms with E-state index in [1.54, 1.807) is 12.2 Å². The lowest BCUT2D eigenvalue weighted by atomic mass is 10.3. The summed E-state index contributed by atoms with van der Waals surface area (Å²) < 4.78 is 44.5. The first-order valence-corrected chi connectivity index (χ1v) is 5.61. The molecule has 0 spiro atoms. The molecule has 0 fully saturated rings. The molecule has 19 heavy (non-hydrogen) atoms. The van der Waals surface area contributed by atoms with Crippen LogP contribution in [0.5, 0.6) is 0 Å². The van der Waals surface area contributed by atoms with Gasteiger partial charge in [-0.05, 0) is 12.5 Å². The Labute approximate surface area is 111 Å². The molecule has 0 bridgehead atoms. The highest BCUT2D eigenvalue weighted by Gasteiger charge is 2.37. The summed E-state index contributed by atoms with van der Waals surface area (Å²) in [5, 5.41) is 0. The molecule has 3 nitrogen and oxygen atoms in total. The van der Waals surface area contributed by atoms with Crippen molar-refractivity contribution in [3.8, 4) is 0 Å². The first-order valence-electron chi connectivity index (χ1n) is 5.61. The predicted molar refractivity (Wildman–Crippen MR) is 67.2 cm³/mol. The predicted octanol–water partition coefficient (Wildman–Crippen LogP) is 4.13. The Morgan fingerprint density at radius 2 is 1.84 bits per heavy atom. The Kier molecular flexibility index (Phi) is 11.7. The number of allylic oxidation sites excluding steroid dienone is 2. The van der Waals surface area contributed by atoms with Crippen LogP contribution in [0.1, 0.15) is 26.7 Å². The van der Waals surface area contributed by atoms with E-state index >= 15 is 0 Å². The molecule has 0 aliphatic rings. The maximum Gasteiger partial charge on any atom is 0.422 e. The summed E-state index contributed by atoms with van der Waals surface area (Å²) >= 11 is 0. The second-order valence-corrected chi connectivity index (χ2v) is 3.30. The van der Waals surface area contributed by atoms with E-state index in [0.29, 0.717) is 6.42 Å². The lowest BCUT2D eigenvalue weighted by Gasteiger charge is -2.08. The molecule has 0 N–H and O–H groups in total. The summed E-state index contributed by atoms with van der Waals surface area (Å²) in [4.78, 5) is 10.7. The standard InChI is InChI=1S/C10H11F3O3.C3H8/c1-3-4-5-6-15-7-16-9(14)8(2)10(11,12)13;1-3-2/h3,5-6H,1-2,4,7H2;3H2,1-2H3/b6-5-;. The second kappa shape index (κ2) is 11.4. The minimum atomic E-state index is -4.78. The summed E-state index contributed by atoms with van der Waals surface area (Å²) in [6.07, 6.45) is 1.36. The normalized spacial score (nSPS) is 10.4. The third-order valence-electron chi connectivity index (χ3n) is 1.34. The van der Waals surface area contributed by atoms with Crippen LogP contribution in [0.2, 0.25) is 0 Å². The highest BCUT2D eigenvalue weighted by molar-refractivity contribution is 5.89. The topological polar surface area (TPSA) is 35.5 Å². The summed E-state index contributed by atoms with van der Waals surface area (Å²) in [6, 6.07) is 0. The van der Waals surface area contributed by atoms with Crippen molar-refractivity contribution in [3.63, 3.8) is 0 Å². The Hall–Kier alpha value is -1.72. The van der Waals surface area contributed by atoms with Gasteiger partial charge in [0.1, 0.15) is 5.57 Å². The molecule has 0 saturated heterocycles. The number of alkyl halides is 3. The number of ether oxygens (including phenoxy) is 2. The van der Waals surface area contributed by atoms with Crippen molar-refractivity contribution >= 4 is 5.97 Å². The monoisotopic (exact) mass is 280 g/mol. The van der Waals surface area contributed by atoms with Gasteiger partial charge in [-0.15, -0.1) is 6.58 Å². The van der Waals surface area contributed by atoms with Gasteiger partial charge in [0, 0.05) is 0 Å². The SMILES string of the molecule is C=CC/C=C\OCOC(=O)C(=C)C(F)(F)F.CCC. The van der Waals surface area contributed by atoms with Crippen molar-refractivity contribution in [2.24, 2.45) is 0 Å². The molecule has 0 amide bonds. The van der Waals surface area contributed by atoms with Crippen LogP contribution in [-0.2, 0) is 14.3 Å². The van der Waals surface area contributed by atoms with Crippen LogP contribution in [0.3, 0.4) is 0 Å². The van der Waals surface area contributed by atoms with Crippen molar-refractivity contribution in [3.05, 3.63) is 37.1 Å². The Morgan fingerprint density at radius 3 is 2.26 bits per heavy atom. The van der Waals surface area contributed by atoms with Gasteiger partial charge in [0.25, 0.3) is 0 Å². The summed E-state index contributed by atoms with van der Waals surface area (Å²) in [6.45, 7) is 9.65. The van der Waals surface area contributed by atoms with Gasteiger partial charge in [-0.3, -0.25) is 0 Å². The largest absolute Gasteiger partial charge is 0.465 e. The molecule has 0 heterocycles. The molecule has 0 rings (SSSR count). The fraction of sp³-hybridized carbons (Fsp3) is 0.462. The molecule has 0 aromatic carbocycles. The molecule has 0 aliphatic heterocycles. The fourth-order valence-electron chi connectivity index (χ4n) is 0.549. The van der Waals surface area contributed by atoms with Gasteiger partial charge in [-0.1, -0.05) is 32.9 Å². The van der Waals surface area contributed by atoms with Crippen molar-refractivity contribution < 1.29 is 27.4 Å². The van der Waals surface area contributed by atoms with Crippen molar-refractivity contribution in [2.75, 3.05) is 6.79 Å². The summed E-state index contributed by atoms with van der Waals surface area (Å²) in [5.41, 5.74) is -1.56. The Morgan fingerprint density at radius 1 is 1.32 bits per heavy atom. The highest BCUT2D eigenvalue weighted by atomic mass is 19.4. The summed E-state index contributed by atoms with van der Waals surface area (Å²) in [7, 11) is 0. The molecule has 0 atom stereocenters. The quantitative estimate of drug-likeness (QED) is 0.183. The number of hydrogen-bond acceptors (Lipinski definition) is 3. The van der Waals surface area contributed by atoms with E-state index in [2.05, 4.69) is 36.5 Å². The van der Waals surface area contributed by atoms with Crippen LogP contribution in [0.4, 0.5) is 13.2 Å². The number of carbonyl (C=O) groups is 1. The lowest BCUT2D eigenvalue weighted by molar-refractivity contribution is -0.158. The van der Waals surface area contributed by atoms with E-state index in [0.717, 1.165) is 0 Å². The van der Waals surface area contributed by atoms with Gasteiger partial charge < -0.3 is 9.47 Å². The number of hydrogen-bond donors (Lipinski definition) is 0. The molecule has 110 valence electrons. The Bertz CT molecular complexity index is 307. The average molecular weight is 280 g/mol. The number of rotatable bonds is 6. The number of carbonyl (C=O) groups excluding carboxylic acids is 1. The first kappa shape index (κ1) is 19.6. The van der Waals surface area contributed by atoms with Crippen molar-refractivity contribution in [1.82, 2.24) is 0 Å². The van der Waals surface area contributed by atoms with E-state index in [1.807, 2.05) is 0 Å². The second-order valence-electron chi connectivity index (χ2n) is 3.30. The van der Waals surface area contributed by atoms with Crippen LogP contribution in [-0.4, -0.2) is 18.9 Å². The molecule has 0 radical (unpaired) electrons. The molecular weight excluding hydrogens is 261 g/mol. The van der Waals surface area contributed by atoms with E-state index in [9.17, 15) is 18.0 Å². The third kappa shape index (κ3) is 12.5. The molecule has 0 unspecified atom stereocenters. The van der Waals surface area contributed by atoms with Crippen LogP contribution in [0, 0.1) is 0 Å². The zero-order valence-corrected chi connectivity index (χ0v) is 11.1. The van der Waals surface area contributed by atoms with Crippen LogP contribution in [0.25, 0.3) is 0 Å². The van der Waals surface area contributed by atoms with Crippen molar-refractivity contribution in [1.29, 1.82) is 0 Å². The molecule has 0 aliphatic carbocycles. The molecular formula is C13H19F3O3. The van der Waals surface area contributed by atoms with Gasteiger partial charge in [0.15, 0.2) is 0 Å². The number of halogens is 3. The maximum atomic E-state index is 11.9. The smallest absolute Gasteiger partial charge is 0.422 e. The van der Waals surface area contributed by atoms with Crippen LogP contribution >= 0.6 is 0 Å². The molecule has 0 aromatic heterocycles. The number of esters is 1. The zero-order valence-electron chi connectivity index (χ0n) is 11.1. The minimum absolute atomic E-state index is 0.545. The van der Waals surface area contributed by atoms with Gasteiger partial charge in [-0.25, -0.2) is 4.79 Å². The van der Waals surface area contributed by atoms with E-state index in [-0.39, 0.29) is 0 Å². The minimum Gasteiger partial charge on any atom is -0.465 e. The third-order valence-corrected chi connectivity index (χ3v) is 1.34. The Balaban J connectivity index is 0. The lowest BCUT2D eigenvalue weighted by Crippen LogP contribution is -2.21. The van der Waals surface area contributed by atoms with Crippen LogP contribution in [0.15, 0.2) is 37.1 Å².